The number of nitrogens with zero attached hydrogens (tertiary/aromatic N) is 2. The van der Waals surface area contributed by atoms with Crippen LogP contribution in [0.15, 0.2) is 51.5 Å². The van der Waals surface area contributed by atoms with Crippen molar-refractivity contribution in [3.05, 3.63) is 58.4 Å². The minimum atomic E-state index is -0.420. The van der Waals surface area contributed by atoms with Gasteiger partial charge in [0.05, 0.1) is 29.3 Å². The number of hydrogen-bond acceptors (Lipinski definition) is 7. The van der Waals surface area contributed by atoms with Crippen molar-refractivity contribution in [3.8, 4) is 22.9 Å². The van der Waals surface area contributed by atoms with Crippen molar-refractivity contribution in [2.75, 3.05) is 13.7 Å². The number of methoxy groups -OCH3 is 1. The Balaban J connectivity index is 1.71. The van der Waals surface area contributed by atoms with Gasteiger partial charge in [0.1, 0.15) is 11.5 Å². The molecular formula is C19H17BrN2O5. The van der Waals surface area contributed by atoms with Crippen LogP contribution in [0.2, 0.25) is 0 Å². The van der Waals surface area contributed by atoms with Gasteiger partial charge < -0.3 is 18.7 Å². The van der Waals surface area contributed by atoms with E-state index in [1.54, 1.807) is 18.2 Å². The third-order valence-corrected chi connectivity index (χ3v) is 4.22. The highest BCUT2D eigenvalue weighted by Crippen LogP contribution is 2.29. The van der Waals surface area contributed by atoms with E-state index < -0.39 is 5.97 Å². The van der Waals surface area contributed by atoms with E-state index in [2.05, 4.69) is 30.8 Å². The number of rotatable bonds is 7. The van der Waals surface area contributed by atoms with Gasteiger partial charge in [-0.15, -0.1) is 0 Å². The molecule has 8 heteroatoms. The minimum absolute atomic E-state index is 0.0833. The number of hydrogen-bond donors (Lipinski definition) is 0. The fourth-order valence-electron chi connectivity index (χ4n) is 2.36. The molecule has 2 aromatic carbocycles. The molecule has 27 heavy (non-hydrogen) atoms. The second kappa shape index (κ2) is 8.68. The predicted octanol–water partition coefficient (Wildman–Crippen LogP) is 4.26. The zero-order chi connectivity index (χ0) is 19.2. The van der Waals surface area contributed by atoms with Crippen LogP contribution >= 0.6 is 15.9 Å². The molecular weight excluding hydrogens is 416 g/mol. The molecule has 140 valence electrons. The van der Waals surface area contributed by atoms with Crippen LogP contribution in [0.4, 0.5) is 0 Å². The first-order valence-electron chi connectivity index (χ1n) is 8.17. The number of carbonyl (C=O) groups excluding carboxylic acids is 1. The van der Waals surface area contributed by atoms with Crippen LogP contribution in [0.25, 0.3) is 11.4 Å². The number of ether oxygens (including phenoxy) is 3. The van der Waals surface area contributed by atoms with Gasteiger partial charge in [-0.3, -0.25) is 0 Å². The van der Waals surface area contributed by atoms with Gasteiger partial charge in [-0.05, 0) is 53.2 Å². The lowest BCUT2D eigenvalue weighted by Crippen LogP contribution is -2.02. The molecule has 0 fully saturated rings. The van der Waals surface area contributed by atoms with Crippen LogP contribution in [-0.4, -0.2) is 29.8 Å². The van der Waals surface area contributed by atoms with Gasteiger partial charge in [0, 0.05) is 0 Å². The van der Waals surface area contributed by atoms with Crippen LogP contribution in [0.1, 0.15) is 23.2 Å². The maximum atomic E-state index is 11.5. The van der Waals surface area contributed by atoms with E-state index in [1.165, 1.54) is 7.11 Å². The Morgan fingerprint density at radius 3 is 2.70 bits per heavy atom. The minimum Gasteiger partial charge on any atom is -0.493 e. The van der Waals surface area contributed by atoms with Crippen molar-refractivity contribution >= 4 is 21.9 Å². The van der Waals surface area contributed by atoms with Gasteiger partial charge in [-0.25, -0.2) is 4.79 Å². The van der Waals surface area contributed by atoms with E-state index >= 15 is 0 Å². The van der Waals surface area contributed by atoms with Gasteiger partial charge in [-0.2, -0.15) is 4.98 Å². The van der Waals surface area contributed by atoms with Crippen molar-refractivity contribution in [2.45, 2.75) is 13.5 Å². The molecule has 0 unspecified atom stereocenters. The maximum Gasteiger partial charge on any atom is 0.337 e. The van der Waals surface area contributed by atoms with Crippen LogP contribution in [0.3, 0.4) is 0 Å². The molecule has 3 aromatic rings. The maximum absolute atomic E-state index is 11.5. The van der Waals surface area contributed by atoms with Crippen LogP contribution in [-0.2, 0) is 11.3 Å². The van der Waals surface area contributed by atoms with E-state index in [0.29, 0.717) is 39.9 Å². The summed E-state index contributed by atoms with van der Waals surface area (Å²) in [4.78, 5) is 15.9. The van der Waals surface area contributed by atoms with E-state index in [9.17, 15) is 4.79 Å². The smallest absolute Gasteiger partial charge is 0.337 e. The highest BCUT2D eigenvalue weighted by Gasteiger charge is 2.15. The molecule has 0 saturated heterocycles. The summed E-state index contributed by atoms with van der Waals surface area (Å²) < 4.78 is 21.8. The molecule has 0 atom stereocenters. The normalized spacial score (nSPS) is 10.5. The molecule has 0 N–H and O–H groups in total. The number of carbonyl (C=O) groups is 1. The summed E-state index contributed by atoms with van der Waals surface area (Å²) in [7, 11) is 1.33. The van der Waals surface area contributed by atoms with Crippen LogP contribution in [0.5, 0.6) is 11.5 Å². The van der Waals surface area contributed by atoms with Gasteiger partial charge in [-0.1, -0.05) is 17.3 Å². The summed E-state index contributed by atoms with van der Waals surface area (Å²) in [6.45, 7) is 2.54. The van der Waals surface area contributed by atoms with E-state index in [4.69, 9.17) is 14.0 Å². The number of benzene rings is 2. The molecule has 1 heterocycles. The third-order valence-electron chi connectivity index (χ3n) is 3.60. The predicted molar refractivity (Wildman–Crippen MR) is 101 cm³/mol. The molecule has 0 saturated carbocycles. The van der Waals surface area contributed by atoms with Gasteiger partial charge in [0.25, 0.3) is 5.89 Å². The Kier molecular flexibility index (Phi) is 6.08. The van der Waals surface area contributed by atoms with Gasteiger partial charge in [0.2, 0.25) is 5.82 Å². The Bertz CT molecular complexity index is 941. The fourth-order valence-corrected chi connectivity index (χ4v) is 2.85. The summed E-state index contributed by atoms with van der Waals surface area (Å²) in [6, 6.07) is 12.4. The SMILES string of the molecule is CCOc1ccccc1-c1noc(COc2ccc(C(=O)OC)cc2Br)n1. The molecule has 1 aromatic heterocycles. The second-order valence-electron chi connectivity index (χ2n) is 5.37. The summed E-state index contributed by atoms with van der Waals surface area (Å²) in [5.41, 5.74) is 1.17. The average molecular weight is 433 g/mol. The number of halogens is 1. The standard InChI is InChI=1S/C19H17BrN2O5/c1-3-25-15-7-5-4-6-13(15)18-21-17(27-22-18)11-26-16-9-8-12(10-14(16)20)19(23)24-2/h4-10H,3,11H2,1-2H3. The quantitative estimate of drug-likeness (QED) is 0.515. The Morgan fingerprint density at radius 1 is 1.15 bits per heavy atom. The molecule has 0 aliphatic heterocycles. The molecule has 0 radical (unpaired) electrons. The van der Waals surface area contributed by atoms with E-state index in [0.717, 1.165) is 5.56 Å². The third kappa shape index (κ3) is 4.46. The summed E-state index contributed by atoms with van der Waals surface area (Å²) in [5, 5.41) is 3.99. The molecule has 7 nitrogen and oxygen atoms in total. The summed E-state index contributed by atoms with van der Waals surface area (Å²) in [6.07, 6.45) is 0. The Morgan fingerprint density at radius 2 is 1.96 bits per heavy atom. The Labute approximate surface area is 164 Å². The average Bonchev–Trinajstić information content (AvgIpc) is 3.16. The monoisotopic (exact) mass is 432 g/mol. The number of aromatic nitrogens is 2. The molecule has 0 aliphatic rings. The van der Waals surface area contributed by atoms with E-state index in [-0.39, 0.29) is 6.61 Å². The van der Waals surface area contributed by atoms with Crippen molar-refractivity contribution in [2.24, 2.45) is 0 Å². The first kappa shape index (κ1) is 18.9. The fraction of sp³-hybridized carbons (Fsp3) is 0.211. The van der Waals surface area contributed by atoms with Crippen molar-refractivity contribution in [1.82, 2.24) is 10.1 Å². The summed E-state index contributed by atoms with van der Waals surface area (Å²) in [5.74, 6) is 1.56. The van der Waals surface area contributed by atoms with Crippen molar-refractivity contribution in [3.63, 3.8) is 0 Å². The topological polar surface area (TPSA) is 83.7 Å². The number of para-hydroxylation sites is 1. The van der Waals surface area contributed by atoms with Gasteiger partial charge in [0.15, 0.2) is 6.61 Å². The van der Waals surface area contributed by atoms with Gasteiger partial charge >= 0.3 is 5.97 Å². The first-order chi connectivity index (χ1) is 13.1. The van der Waals surface area contributed by atoms with Crippen LogP contribution < -0.4 is 9.47 Å². The first-order valence-corrected chi connectivity index (χ1v) is 8.97. The number of esters is 1. The zero-order valence-corrected chi connectivity index (χ0v) is 16.4. The second-order valence-corrected chi connectivity index (χ2v) is 6.22. The molecule has 0 bridgehead atoms. The lowest BCUT2D eigenvalue weighted by atomic mass is 10.2. The van der Waals surface area contributed by atoms with Crippen LogP contribution in [0, 0.1) is 0 Å². The molecule has 0 spiro atoms. The molecule has 0 aliphatic carbocycles. The Hall–Kier alpha value is -2.87. The lowest BCUT2D eigenvalue weighted by Gasteiger charge is -2.07. The van der Waals surface area contributed by atoms with E-state index in [1.807, 2.05) is 31.2 Å². The van der Waals surface area contributed by atoms with Crippen molar-refractivity contribution in [1.29, 1.82) is 0 Å². The zero-order valence-electron chi connectivity index (χ0n) is 14.8. The summed E-state index contributed by atoms with van der Waals surface area (Å²) >= 11 is 3.37. The highest BCUT2D eigenvalue weighted by molar-refractivity contribution is 9.10. The lowest BCUT2D eigenvalue weighted by molar-refractivity contribution is 0.0600. The molecule has 3 rings (SSSR count). The van der Waals surface area contributed by atoms with Crippen molar-refractivity contribution < 1.29 is 23.5 Å². The highest BCUT2D eigenvalue weighted by atomic mass is 79.9. The molecule has 0 amide bonds. The largest absolute Gasteiger partial charge is 0.493 e.